The van der Waals surface area contributed by atoms with E-state index in [1.807, 2.05) is 13.1 Å². The van der Waals surface area contributed by atoms with Crippen molar-refractivity contribution in [3.05, 3.63) is 58.6 Å². The van der Waals surface area contributed by atoms with Gasteiger partial charge in [0.05, 0.1) is 0 Å². The van der Waals surface area contributed by atoms with Gasteiger partial charge >= 0.3 is 0 Å². The number of benzene rings is 2. The highest BCUT2D eigenvalue weighted by molar-refractivity contribution is 6.33. The van der Waals surface area contributed by atoms with Crippen molar-refractivity contribution < 1.29 is 8.78 Å². The Morgan fingerprint density at radius 2 is 1.78 bits per heavy atom. The average molecular weight is 268 g/mol. The summed E-state index contributed by atoms with van der Waals surface area (Å²) < 4.78 is 26.5. The number of nitrogens with one attached hydrogen (secondary N) is 1. The van der Waals surface area contributed by atoms with Gasteiger partial charge in [0.2, 0.25) is 0 Å². The lowest BCUT2D eigenvalue weighted by atomic mass is 10.0. The fourth-order valence-corrected chi connectivity index (χ4v) is 2.10. The van der Waals surface area contributed by atoms with Crippen molar-refractivity contribution in [3.8, 4) is 11.1 Å². The number of rotatable bonds is 3. The molecule has 94 valence electrons. The zero-order chi connectivity index (χ0) is 13.1. The molecule has 2 rings (SSSR count). The highest BCUT2D eigenvalue weighted by Crippen LogP contribution is 2.31. The van der Waals surface area contributed by atoms with Gasteiger partial charge in [-0.2, -0.15) is 0 Å². The second-order valence-corrected chi connectivity index (χ2v) is 4.38. The summed E-state index contributed by atoms with van der Waals surface area (Å²) in [5, 5.41) is 3.46. The maximum Gasteiger partial charge on any atom is 0.133 e. The van der Waals surface area contributed by atoms with Crippen LogP contribution in [0.5, 0.6) is 0 Å². The summed E-state index contributed by atoms with van der Waals surface area (Å²) in [6.07, 6.45) is 0. The smallest absolute Gasteiger partial charge is 0.133 e. The Kier molecular flexibility index (Phi) is 3.94. The average Bonchev–Trinajstić information content (AvgIpc) is 2.31. The third kappa shape index (κ3) is 2.68. The molecule has 0 saturated heterocycles. The van der Waals surface area contributed by atoms with Gasteiger partial charge in [0.25, 0.3) is 0 Å². The van der Waals surface area contributed by atoms with Crippen molar-refractivity contribution in [3.63, 3.8) is 0 Å². The summed E-state index contributed by atoms with van der Waals surface area (Å²) in [4.78, 5) is 0. The van der Waals surface area contributed by atoms with Crippen LogP contribution in [0.3, 0.4) is 0 Å². The van der Waals surface area contributed by atoms with Crippen LogP contribution in [0.4, 0.5) is 8.78 Å². The normalized spacial score (nSPS) is 10.7. The van der Waals surface area contributed by atoms with E-state index in [0.29, 0.717) is 22.7 Å². The highest BCUT2D eigenvalue weighted by atomic mass is 35.5. The van der Waals surface area contributed by atoms with Gasteiger partial charge in [-0.1, -0.05) is 23.7 Å². The Morgan fingerprint density at radius 1 is 1.06 bits per heavy atom. The van der Waals surface area contributed by atoms with Crippen LogP contribution in [-0.4, -0.2) is 7.05 Å². The van der Waals surface area contributed by atoms with E-state index in [1.54, 1.807) is 12.1 Å². The molecule has 0 spiro atoms. The Morgan fingerprint density at radius 3 is 2.39 bits per heavy atom. The molecular weight excluding hydrogens is 256 g/mol. The van der Waals surface area contributed by atoms with Crippen LogP contribution in [0.25, 0.3) is 11.1 Å². The maximum absolute atomic E-state index is 13.7. The molecule has 2 aromatic carbocycles. The van der Waals surface area contributed by atoms with E-state index in [9.17, 15) is 8.78 Å². The van der Waals surface area contributed by atoms with Gasteiger partial charge in [-0.05, 0) is 30.8 Å². The monoisotopic (exact) mass is 267 g/mol. The molecule has 0 unspecified atom stereocenters. The van der Waals surface area contributed by atoms with E-state index < -0.39 is 11.6 Å². The van der Waals surface area contributed by atoms with E-state index >= 15 is 0 Å². The molecule has 1 nitrogen and oxygen atoms in total. The summed E-state index contributed by atoms with van der Waals surface area (Å²) in [7, 11) is 1.83. The Bertz CT molecular complexity index is 570. The van der Waals surface area contributed by atoms with Gasteiger partial charge in [0.15, 0.2) is 0 Å². The fraction of sp³-hybridized carbons (Fsp3) is 0.143. The minimum atomic E-state index is -0.613. The summed E-state index contributed by atoms with van der Waals surface area (Å²) in [6, 6.07) is 8.84. The molecule has 0 atom stereocenters. The largest absolute Gasteiger partial charge is 0.316 e. The Balaban J connectivity index is 2.44. The first-order chi connectivity index (χ1) is 8.61. The topological polar surface area (TPSA) is 12.0 Å². The van der Waals surface area contributed by atoms with Gasteiger partial charge < -0.3 is 5.32 Å². The highest BCUT2D eigenvalue weighted by Gasteiger charge is 2.10. The summed E-state index contributed by atoms with van der Waals surface area (Å²) in [5.74, 6) is -1.21. The molecule has 0 fully saturated rings. The molecule has 0 amide bonds. The predicted octanol–water partition coefficient (Wildman–Crippen LogP) is 4.00. The maximum atomic E-state index is 13.7. The quantitative estimate of drug-likeness (QED) is 0.886. The van der Waals surface area contributed by atoms with E-state index in [-0.39, 0.29) is 0 Å². The molecule has 2 aromatic rings. The first-order valence-electron chi connectivity index (χ1n) is 5.50. The van der Waals surface area contributed by atoms with Crippen LogP contribution in [-0.2, 0) is 6.54 Å². The van der Waals surface area contributed by atoms with Crippen molar-refractivity contribution >= 4 is 11.6 Å². The molecule has 0 saturated carbocycles. The molecule has 18 heavy (non-hydrogen) atoms. The van der Waals surface area contributed by atoms with Crippen LogP contribution in [0.1, 0.15) is 5.56 Å². The van der Waals surface area contributed by atoms with E-state index in [0.717, 1.165) is 11.6 Å². The van der Waals surface area contributed by atoms with Crippen molar-refractivity contribution in [2.24, 2.45) is 0 Å². The zero-order valence-corrected chi connectivity index (χ0v) is 10.6. The summed E-state index contributed by atoms with van der Waals surface area (Å²) in [5.41, 5.74) is 1.88. The Labute approximate surface area is 109 Å². The zero-order valence-electron chi connectivity index (χ0n) is 9.81. The third-order valence-electron chi connectivity index (χ3n) is 2.64. The van der Waals surface area contributed by atoms with E-state index in [4.69, 9.17) is 11.6 Å². The standard InChI is InChI=1S/C14H12ClF2N/c1-18-8-9-2-4-11(13(15)6-9)12-5-3-10(16)7-14(12)17/h2-7,18H,8H2,1H3. The molecule has 0 aromatic heterocycles. The SMILES string of the molecule is CNCc1ccc(-c2ccc(F)cc2F)c(Cl)c1. The second kappa shape index (κ2) is 5.46. The third-order valence-corrected chi connectivity index (χ3v) is 2.95. The molecule has 0 aliphatic carbocycles. The Hall–Kier alpha value is -1.45. The molecular formula is C14H12ClF2N. The van der Waals surface area contributed by atoms with Crippen molar-refractivity contribution in [1.82, 2.24) is 5.32 Å². The van der Waals surface area contributed by atoms with Gasteiger partial charge in [-0.15, -0.1) is 0 Å². The number of hydrogen-bond donors (Lipinski definition) is 1. The molecule has 0 radical (unpaired) electrons. The minimum Gasteiger partial charge on any atom is -0.316 e. The first-order valence-corrected chi connectivity index (χ1v) is 5.88. The lowest BCUT2D eigenvalue weighted by molar-refractivity contribution is 0.585. The summed E-state index contributed by atoms with van der Waals surface area (Å²) >= 11 is 6.12. The van der Waals surface area contributed by atoms with Crippen molar-refractivity contribution in [2.75, 3.05) is 7.05 Å². The second-order valence-electron chi connectivity index (χ2n) is 3.97. The summed E-state index contributed by atoms with van der Waals surface area (Å²) in [6.45, 7) is 0.686. The lowest BCUT2D eigenvalue weighted by Gasteiger charge is -2.08. The minimum absolute atomic E-state index is 0.303. The molecule has 0 aliphatic heterocycles. The molecule has 4 heteroatoms. The van der Waals surface area contributed by atoms with Gasteiger partial charge in [-0.3, -0.25) is 0 Å². The van der Waals surface area contributed by atoms with Gasteiger partial charge in [0.1, 0.15) is 11.6 Å². The van der Waals surface area contributed by atoms with Crippen LogP contribution in [0.15, 0.2) is 36.4 Å². The molecule has 1 N–H and O–H groups in total. The van der Waals surface area contributed by atoms with Crippen LogP contribution in [0.2, 0.25) is 5.02 Å². The van der Waals surface area contributed by atoms with Crippen LogP contribution < -0.4 is 5.32 Å². The molecule has 0 bridgehead atoms. The van der Waals surface area contributed by atoms with E-state index in [2.05, 4.69) is 5.32 Å². The van der Waals surface area contributed by atoms with Crippen LogP contribution in [0, 0.1) is 11.6 Å². The molecule has 0 aliphatic rings. The van der Waals surface area contributed by atoms with Crippen molar-refractivity contribution in [1.29, 1.82) is 0 Å². The number of halogens is 3. The first kappa shape index (κ1) is 13.0. The number of hydrogen-bond acceptors (Lipinski definition) is 1. The van der Waals surface area contributed by atoms with Crippen molar-refractivity contribution in [2.45, 2.75) is 6.54 Å². The van der Waals surface area contributed by atoms with E-state index in [1.165, 1.54) is 12.1 Å². The lowest BCUT2D eigenvalue weighted by Crippen LogP contribution is -2.04. The van der Waals surface area contributed by atoms with Gasteiger partial charge in [0, 0.05) is 28.8 Å². The molecule has 0 heterocycles. The fourth-order valence-electron chi connectivity index (χ4n) is 1.80. The van der Waals surface area contributed by atoms with Gasteiger partial charge in [-0.25, -0.2) is 8.78 Å². The predicted molar refractivity (Wildman–Crippen MR) is 69.6 cm³/mol. The van der Waals surface area contributed by atoms with Crippen LogP contribution >= 0.6 is 11.6 Å².